The molecule has 0 spiro atoms. The van der Waals surface area contributed by atoms with Gasteiger partial charge in [0.1, 0.15) is 11.9 Å². The van der Waals surface area contributed by atoms with Gasteiger partial charge in [-0.15, -0.1) is 0 Å². The Morgan fingerprint density at radius 1 is 1.33 bits per heavy atom. The van der Waals surface area contributed by atoms with Gasteiger partial charge in [-0.05, 0) is 46.2 Å². The highest BCUT2D eigenvalue weighted by molar-refractivity contribution is 5.10. The molecular formula is C16H25N3O2. The zero-order valence-corrected chi connectivity index (χ0v) is 13.2. The molecular weight excluding hydrogens is 266 g/mol. The lowest BCUT2D eigenvalue weighted by Gasteiger charge is -2.21. The van der Waals surface area contributed by atoms with Crippen LogP contribution in [0.3, 0.4) is 0 Å². The van der Waals surface area contributed by atoms with Gasteiger partial charge in [0, 0.05) is 29.9 Å². The molecule has 2 N–H and O–H groups in total. The molecule has 0 aliphatic heterocycles. The number of aliphatic hydroxyl groups is 1. The summed E-state index contributed by atoms with van der Waals surface area (Å²) in [5, 5.41) is 17.9. The molecule has 0 aromatic carbocycles. The van der Waals surface area contributed by atoms with Crippen molar-refractivity contribution >= 4 is 0 Å². The standard InChI is InChI=1S/C16H25N3O2/c1-11(2)19-10-14(9-17-19)13(4)18-12(3)8-15(20)16-6-5-7-21-16/h5-7,9-13,15,18,20H,8H2,1-4H3. The molecule has 116 valence electrons. The molecule has 3 atom stereocenters. The quantitative estimate of drug-likeness (QED) is 0.822. The Labute approximate surface area is 126 Å². The smallest absolute Gasteiger partial charge is 0.132 e. The number of rotatable bonds is 7. The molecule has 0 saturated heterocycles. The highest BCUT2D eigenvalue weighted by Crippen LogP contribution is 2.20. The number of nitrogens with zero attached hydrogens (tertiary/aromatic N) is 2. The number of hydrogen-bond donors (Lipinski definition) is 2. The van der Waals surface area contributed by atoms with Crippen molar-refractivity contribution in [2.75, 3.05) is 0 Å². The Hall–Kier alpha value is -1.59. The van der Waals surface area contributed by atoms with E-state index >= 15 is 0 Å². The number of aliphatic hydroxyl groups excluding tert-OH is 1. The van der Waals surface area contributed by atoms with Gasteiger partial charge in [0.05, 0.1) is 12.5 Å². The zero-order chi connectivity index (χ0) is 15.4. The first-order chi connectivity index (χ1) is 9.97. The number of aromatic nitrogens is 2. The van der Waals surface area contributed by atoms with Gasteiger partial charge < -0.3 is 14.8 Å². The number of hydrogen-bond acceptors (Lipinski definition) is 4. The predicted octanol–water partition coefficient (Wildman–Crippen LogP) is 3.22. The third-order valence-electron chi connectivity index (χ3n) is 3.63. The van der Waals surface area contributed by atoms with Crippen LogP contribution >= 0.6 is 0 Å². The molecule has 2 aromatic rings. The lowest BCUT2D eigenvalue weighted by molar-refractivity contribution is 0.127. The van der Waals surface area contributed by atoms with Crippen molar-refractivity contribution in [2.24, 2.45) is 0 Å². The Morgan fingerprint density at radius 2 is 2.10 bits per heavy atom. The predicted molar refractivity (Wildman–Crippen MR) is 81.9 cm³/mol. The van der Waals surface area contributed by atoms with Crippen LogP contribution < -0.4 is 5.32 Å². The largest absolute Gasteiger partial charge is 0.467 e. The maximum absolute atomic E-state index is 10.1. The summed E-state index contributed by atoms with van der Waals surface area (Å²) in [5.41, 5.74) is 1.16. The van der Waals surface area contributed by atoms with Crippen molar-refractivity contribution in [3.05, 3.63) is 42.1 Å². The van der Waals surface area contributed by atoms with E-state index in [2.05, 4.69) is 44.3 Å². The maximum atomic E-state index is 10.1. The third-order valence-corrected chi connectivity index (χ3v) is 3.63. The average Bonchev–Trinajstić information content (AvgIpc) is 3.10. The van der Waals surface area contributed by atoms with E-state index in [1.54, 1.807) is 18.4 Å². The van der Waals surface area contributed by atoms with Crippen LogP contribution in [0.15, 0.2) is 35.2 Å². The average molecular weight is 291 g/mol. The Morgan fingerprint density at radius 3 is 2.67 bits per heavy atom. The van der Waals surface area contributed by atoms with Crippen molar-refractivity contribution in [1.29, 1.82) is 0 Å². The molecule has 0 saturated carbocycles. The van der Waals surface area contributed by atoms with Crippen molar-refractivity contribution in [2.45, 2.75) is 58.3 Å². The van der Waals surface area contributed by atoms with Crippen LogP contribution in [0.25, 0.3) is 0 Å². The first-order valence-corrected chi connectivity index (χ1v) is 7.49. The zero-order valence-electron chi connectivity index (χ0n) is 13.2. The summed E-state index contributed by atoms with van der Waals surface area (Å²) in [7, 11) is 0. The second-order valence-corrected chi connectivity index (χ2v) is 5.90. The van der Waals surface area contributed by atoms with E-state index in [0.717, 1.165) is 5.56 Å². The second kappa shape index (κ2) is 6.91. The van der Waals surface area contributed by atoms with Crippen molar-refractivity contribution < 1.29 is 9.52 Å². The molecule has 2 aromatic heterocycles. The van der Waals surface area contributed by atoms with Gasteiger partial charge in [-0.3, -0.25) is 4.68 Å². The van der Waals surface area contributed by atoms with Crippen molar-refractivity contribution in [3.8, 4) is 0 Å². The van der Waals surface area contributed by atoms with Crippen molar-refractivity contribution in [3.63, 3.8) is 0 Å². The fourth-order valence-corrected chi connectivity index (χ4v) is 2.38. The van der Waals surface area contributed by atoms with E-state index in [-0.39, 0.29) is 12.1 Å². The Balaban J connectivity index is 1.87. The summed E-state index contributed by atoms with van der Waals surface area (Å²) in [6, 6.07) is 4.32. The van der Waals surface area contributed by atoms with Gasteiger partial charge in [-0.25, -0.2) is 0 Å². The summed E-state index contributed by atoms with van der Waals surface area (Å²) in [6.45, 7) is 8.39. The molecule has 5 heteroatoms. The van der Waals surface area contributed by atoms with Gasteiger partial charge in [0.15, 0.2) is 0 Å². The third kappa shape index (κ3) is 4.19. The molecule has 2 heterocycles. The summed E-state index contributed by atoms with van der Waals surface area (Å²) in [6.07, 6.45) is 5.58. The van der Waals surface area contributed by atoms with E-state index in [1.807, 2.05) is 10.9 Å². The molecule has 0 radical (unpaired) electrons. The first-order valence-electron chi connectivity index (χ1n) is 7.49. The lowest BCUT2D eigenvalue weighted by Crippen LogP contribution is -2.30. The molecule has 0 fully saturated rings. The van der Waals surface area contributed by atoms with E-state index < -0.39 is 6.10 Å². The second-order valence-electron chi connectivity index (χ2n) is 5.90. The normalized spacial score (nSPS) is 16.1. The Bertz CT molecular complexity index is 533. The SMILES string of the molecule is CC(CC(O)c1ccco1)NC(C)c1cnn(C(C)C)c1. The fourth-order valence-electron chi connectivity index (χ4n) is 2.38. The molecule has 0 aliphatic rings. The van der Waals surface area contributed by atoms with Gasteiger partial charge in [-0.2, -0.15) is 5.10 Å². The fraction of sp³-hybridized carbons (Fsp3) is 0.562. The highest BCUT2D eigenvalue weighted by atomic mass is 16.4. The minimum atomic E-state index is -0.576. The summed E-state index contributed by atoms with van der Waals surface area (Å²) >= 11 is 0. The van der Waals surface area contributed by atoms with Crippen LogP contribution in [0.2, 0.25) is 0 Å². The monoisotopic (exact) mass is 291 g/mol. The molecule has 21 heavy (non-hydrogen) atoms. The summed E-state index contributed by atoms with van der Waals surface area (Å²) < 4.78 is 7.18. The Kier molecular flexibility index (Phi) is 5.20. The van der Waals surface area contributed by atoms with E-state index in [9.17, 15) is 5.11 Å². The van der Waals surface area contributed by atoms with Crippen LogP contribution in [0.1, 0.15) is 63.6 Å². The minimum Gasteiger partial charge on any atom is -0.467 e. The van der Waals surface area contributed by atoms with Crippen LogP contribution in [0.5, 0.6) is 0 Å². The first kappa shape index (κ1) is 15.8. The highest BCUT2D eigenvalue weighted by Gasteiger charge is 2.17. The summed E-state index contributed by atoms with van der Waals surface area (Å²) in [4.78, 5) is 0. The van der Waals surface area contributed by atoms with Gasteiger partial charge in [-0.1, -0.05) is 0 Å². The topological polar surface area (TPSA) is 63.2 Å². The van der Waals surface area contributed by atoms with E-state index in [1.165, 1.54) is 0 Å². The van der Waals surface area contributed by atoms with E-state index in [4.69, 9.17) is 4.42 Å². The van der Waals surface area contributed by atoms with Gasteiger partial charge in [0.25, 0.3) is 0 Å². The van der Waals surface area contributed by atoms with Crippen molar-refractivity contribution in [1.82, 2.24) is 15.1 Å². The minimum absolute atomic E-state index is 0.169. The lowest BCUT2D eigenvalue weighted by atomic mass is 10.1. The van der Waals surface area contributed by atoms with Crippen LogP contribution in [-0.2, 0) is 0 Å². The molecule has 5 nitrogen and oxygen atoms in total. The van der Waals surface area contributed by atoms with Crippen LogP contribution in [0, 0.1) is 0 Å². The van der Waals surface area contributed by atoms with Crippen LogP contribution in [0.4, 0.5) is 0 Å². The van der Waals surface area contributed by atoms with E-state index in [0.29, 0.717) is 18.2 Å². The maximum Gasteiger partial charge on any atom is 0.132 e. The molecule has 3 unspecified atom stereocenters. The molecule has 0 aliphatic carbocycles. The molecule has 0 bridgehead atoms. The number of furan rings is 1. The van der Waals surface area contributed by atoms with Gasteiger partial charge in [0.2, 0.25) is 0 Å². The molecule has 0 amide bonds. The van der Waals surface area contributed by atoms with Gasteiger partial charge >= 0.3 is 0 Å². The molecule has 2 rings (SSSR count). The summed E-state index contributed by atoms with van der Waals surface area (Å²) in [5.74, 6) is 0.615. The van der Waals surface area contributed by atoms with Crippen LogP contribution in [-0.4, -0.2) is 20.9 Å². The number of nitrogens with one attached hydrogen (secondary N) is 1.